The van der Waals surface area contributed by atoms with E-state index in [1.165, 1.54) is 11.4 Å². The lowest BCUT2D eigenvalue weighted by Gasteiger charge is -2.29. The van der Waals surface area contributed by atoms with Gasteiger partial charge in [0.15, 0.2) is 0 Å². The number of furan rings is 1. The summed E-state index contributed by atoms with van der Waals surface area (Å²) >= 11 is 0. The number of amides is 1. The van der Waals surface area contributed by atoms with E-state index < -0.39 is 10.0 Å². The molecule has 8 nitrogen and oxygen atoms in total. The van der Waals surface area contributed by atoms with E-state index in [1.54, 1.807) is 24.5 Å². The van der Waals surface area contributed by atoms with Gasteiger partial charge in [-0.25, -0.2) is 8.42 Å². The Labute approximate surface area is 189 Å². The minimum atomic E-state index is -3.75. The molecule has 0 spiro atoms. The van der Waals surface area contributed by atoms with Gasteiger partial charge in [0.2, 0.25) is 15.9 Å². The fraction of sp³-hybridized carbons (Fsp3) is 0.522. The molecule has 1 saturated carbocycles. The van der Waals surface area contributed by atoms with Gasteiger partial charge in [-0.15, -0.1) is 0 Å². The lowest BCUT2D eigenvalue weighted by molar-refractivity contribution is -0.133. The van der Waals surface area contributed by atoms with Gasteiger partial charge in [0, 0.05) is 19.1 Å². The van der Waals surface area contributed by atoms with E-state index in [0.29, 0.717) is 38.4 Å². The van der Waals surface area contributed by atoms with Crippen LogP contribution in [0, 0.1) is 0 Å². The second-order valence-electron chi connectivity index (χ2n) is 8.22. The summed E-state index contributed by atoms with van der Waals surface area (Å²) in [4.78, 5) is 15.3. The minimum absolute atomic E-state index is 0.0341. The van der Waals surface area contributed by atoms with Gasteiger partial charge >= 0.3 is 0 Å². The van der Waals surface area contributed by atoms with Gasteiger partial charge in [0.25, 0.3) is 0 Å². The van der Waals surface area contributed by atoms with Crippen LogP contribution in [0.5, 0.6) is 5.75 Å². The highest BCUT2D eigenvalue weighted by Crippen LogP contribution is 2.30. The van der Waals surface area contributed by atoms with Gasteiger partial charge in [-0.1, -0.05) is 18.9 Å². The lowest BCUT2D eigenvalue weighted by Crippen LogP contribution is -2.41. The molecule has 0 atom stereocenters. The van der Waals surface area contributed by atoms with Crippen molar-refractivity contribution in [1.82, 2.24) is 9.21 Å². The predicted octanol–water partition coefficient (Wildman–Crippen LogP) is 2.82. The SMILES string of the molecule is COc1ccc(CC(=O)N(Cc2ccco2)C2CCCC2)cc1S(=O)(=O)N1CCOCC1. The lowest BCUT2D eigenvalue weighted by atomic mass is 10.1. The molecule has 1 aliphatic carbocycles. The Kier molecular flexibility index (Phi) is 7.17. The van der Waals surface area contributed by atoms with Crippen LogP contribution in [0.1, 0.15) is 37.0 Å². The number of sulfonamides is 1. The van der Waals surface area contributed by atoms with Crippen molar-refractivity contribution >= 4 is 15.9 Å². The quantitative estimate of drug-likeness (QED) is 0.599. The zero-order valence-electron chi connectivity index (χ0n) is 18.4. The van der Waals surface area contributed by atoms with Gasteiger partial charge in [-0.3, -0.25) is 4.79 Å². The third kappa shape index (κ3) is 5.00. The number of hydrogen-bond donors (Lipinski definition) is 0. The van der Waals surface area contributed by atoms with Crippen LogP contribution in [0.3, 0.4) is 0 Å². The summed E-state index contributed by atoms with van der Waals surface area (Å²) in [6.45, 7) is 1.75. The molecule has 4 rings (SSSR count). The van der Waals surface area contributed by atoms with E-state index in [9.17, 15) is 13.2 Å². The molecule has 0 N–H and O–H groups in total. The van der Waals surface area contributed by atoms with Crippen LogP contribution in [-0.2, 0) is 32.5 Å². The van der Waals surface area contributed by atoms with Crippen molar-refractivity contribution in [2.75, 3.05) is 33.4 Å². The normalized spacial score (nSPS) is 18.0. The molecule has 1 aromatic carbocycles. The van der Waals surface area contributed by atoms with Crippen LogP contribution in [0.4, 0.5) is 0 Å². The molecule has 2 aliphatic rings. The van der Waals surface area contributed by atoms with Crippen LogP contribution in [-0.4, -0.2) is 63.0 Å². The summed E-state index contributed by atoms with van der Waals surface area (Å²) in [6.07, 6.45) is 5.90. The molecule has 1 amide bonds. The van der Waals surface area contributed by atoms with Gasteiger partial charge < -0.3 is 18.8 Å². The molecule has 1 aromatic heterocycles. The summed E-state index contributed by atoms with van der Waals surface area (Å²) in [5, 5.41) is 0. The van der Waals surface area contributed by atoms with E-state index in [0.717, 1.165) is 31.4 Å². The molecule has 2 heterocycles. The van der Waals surface area contributed by atoms with Crippen LogP contribution >= 0.6 is 0 Å². The number of benzene rings is 1. The molecule has 32 heavy (non-hydrogen) atoms. The fourth-order valence-corrected chi connectivity index (χ4v) is 6.06. The first-order valence-electron chi connectivity index (χ1n) is 11.1. The molecular formula is C23H30N2O6S. The van der Waals surface area contributed by atoms with Crippen LogP contribution in [0.15, 0.2) is 45.9 Å². The number of rotatable bonds is 8. The van der Waals surface area contributed by atoms with Gasteiger partial charge in [-0.2, -0.15) is 4.31 Å². The molecular weight excluding hydrogens is 432 g/mol. The Morgan fingerprint density at radius 3 is 2.59 bits per heavy atom. The topological polar surface area (TPSA) is 89.3 Å². The van der Waals surface area contributed by atoms with Gasteiger partial charge in [0.05, 0.1) is 39.6 Å². The third-order valence-corrected chi connectivity index (χ3v) is 8.08. The standard InChI is InChI=1S/C23H30N2O6S/c1-29-21-9-8-18(15-22(21)32(27,28)24-10-13-30-14-11-24)16-23(26)25(19-5-2-3-6-19)17-20-7-4-12-31-20/h4,7-9,12,15,19H,2-3,5-6,10-11,13-14,16-17H2,1H3. The smallest absolute Gasteiger partial charge is 0.246 e. The van der Waals surface area contributed by atoms with Crippen LogP contribution in [0.25, 0.3) is 0 Å². The highest BCUT2D eigenvalue weighted by molar-refractivity contribution is 7.89. The molecule has 2 aromatic rings. The zero-order valence-corrected chi connectivity index (χ0v) is 19.2. The maximum atomic E-state index is 13.3. The van der Waals surface area contributed by atoms with Crippen molar-refractivity contribution in [3.05, 3.63) is 47.9 Å². The van der Waals surface area contributed by atoms with E-state index in [4.69, 9.17) is 13.9 Å². The van der Waals surface area contributed by atoms with Crippen molar-refractivity contribution in [1.29, 1.82) is 0 Å². The van der Waals surface area contributed by atoms with Crippen molar-refractivity contribution in [2.24, 2.45) is 0 Å². The average Bonchev–Trinajstić information content (AvgIpc) is 3.52. The van der Waals surface area contributed by atoms with Gasteiger partial charge in [0.1, 0.15) is 16.4 Å². The largest absolute Gasteiger partial charge is 0.495 e. The molecule has 2 fully saturated rings. The summed E-state index contributed by atoms with van der Waals surface area (Å²) in [6, 6.07) is 8.83. The number of hydrogen-bond acceptors (Lipinski definition) is 6. The molecule has 0 bridgehead atoms. The van der Waals surface area contributed by atoms with E-state index >= 15 is 0 Å². The second-order valence-corrected chi connectivity index (χ2v) is 10.1. The highest BCUT2D eigenvalue weighted by atomic mass is 32.2. The Balaban J connectivity index is 1.57. The Morgan fingerprint density at radius 2 is 1.94 bits per heavy atom. The van der Waals surface area contributed by atoms with Crippen molar-refractivity contribution in [2.45, 2.75) is 49.6 Å². The molecule has 0 unspecified atom stereocenters. The number of ether oxygens (including phenoxy) is 2. The first-order chi connectivity index (χ1) is 15.5. The van der Waals surface area contributed by atoms with Crippen molar-refractivity contribution in [3.8, 4) is 5.75 Å². The van der Waals surface area contributed by atoms with Crippen molar-refractivity contribution < 1.29 is 27.1 Å². The van der Waals surface area contributed by atoms with Crippen molar-refractivity contribution in [3.63, 3.8) is 0 Å². The molecule has 0 radical (unpaired) electrons. The van der Waals surface area contributed by atoms with Crippen LogP contribution < -0.4 is 4.74 Å². The Hall–Kier alpha value is -2.36. The summed E-state index contributed by atoms with van der Waals surface area (Å²) < 4.78 is 44.0. The monoisotopic (exact) mass is 462 g/mol. The van der Waals surface area contributed by atoms with E-state index in [2.05, 4.69) is 0 Å². The first kappa shape index (κ1) is 22.8. The Morgan fingerprint density at radius 1 is 1.19 bits per heavy atom. The van der Waals surface area contributed by atoms with Gasteiger partial charge in [-0.05, 0) is 42.7 Å². The maximum absolute atomic E-state index is 13.3. The fourth-order valence-electron chi connectivity index (χ4n) is 4.44. The first-order valence-corrected chi connectivity index (χ1v) is 12.5. The van der Waals surface area contributed by atoms with E-state index in [1.807, 2.05) is 17.0 Å². The average molecular weight is 463 g/mol. The predicted molar refractivity (Wildman–Crippen MR) is 118 cm³/mol. The number of carbonyl (C=O) groups excluding carboxylic acids is 1. The maximum Gasteiger partial charge on any atom is 0.246 e. The number of carbonyl (C=O) groups is 1. The second kappa shape index (κ2) is 10.1. The molecule has 1 aliphatic heterocycles. The summed E-state index contributed by atoms with van der Waals surface area (Å²) in [7, 11) is -2.30. The molecule has 9 heteroatoms. The summed E-state index contributed by atoms with van der Waals surface area (Å²) in [5.74, 6) is 0.986. The third-order valence-electron chi connectivity index (χ3n) is 6.16. The minimum Gasteiger partial charge on any atom is -0.495 e. The Bertz CT molecular complexity index is 1010. The molecule has 174 valence electrons. The zero-order chi connectivity index (χ0) is 22.6. The van der Waals surface area contributed by atoms with Crippen LogP contribution in [0.2, 0.25) is 0 Å². The summed E-state index contributed by atoms with van der Waals surface area (Å²) in [5.41, 5.74) is 0.644. The van der Waals surface area contributed by atoms with E-state index in [-0.39, 0.29) is 29.0 Å². The molecule has 1 saturated heterocycles. The number of nitrogens with zero attached hydrogens (tertiary/aromatic N) is 2. The highest BCUT2D eigenvalue weighted by Gasteiger charge is 2.31. The number of methoxy groups -OCH3 is 1. The number of morpholine rings is 1.